The minimum Gasteiger partial charge on any atom is -0.378 e. The van der Waals surface area contributed by atoms with Crippen LogP contribution in [-0.2, 0) is 4.74 Å². The van der Waals surface area contributed by atoms with Crippen molar-refractivity contribution in [1.82, 2.24) is 25.3 Å². The zero-order chi connectivity index (χ0) is 13.2. The van der Waals surface area contributed by atoms with Crippen molar-refractivity contribution < 1.29 is 4.74 Å². The van der Waals surface area contributed by atoms with E-state index in [4.69, 9.17) is 4.74 Å². The maximum Gasteiger partial charge on any atom is 0.200 e. The lowest BCUT2D eigenvalue weighted by Crippen LogP contribution is -2.28. The molecule has 102 valence electrons. The molecule has 0 spiro atoms. The summed E-state index contributed by atoms with van der Waals surface area (Å²) in [7, 11) is 0. The Bertz CT molecular complexity index is 554. The molecule has 2 aromatic rings. The third-order valence-electron chi connectivity index (χ3n) is 3.54. The zero-order valence-electron chi connectivity index (χ0n) is 11.2. The number of hydrogen-bond donors (Lipinski definition) is 1. The molecule has 2 atom stereocenters. The van der Waals surface area contributed by atoms with Crippen molar-refractivity contribution in [3.05, 3.63) is 12.1 Å². The van der Waals surface area contributed by atoms with E-state index in [2.05, 4.69) is 39.8 Å². The fourth-order valence-corrected chi connectivity index (χ4v) is 2.59. The van der Waals surface area contributed by atoms with Crippen LogP contribution in [0, 0.1) is 11.8 Å². The van der Waals surface area contributed by atoms with Crippen LogP contribution >= 0.6 is 0 Å². The van der Waals surface area contributed by atoms with Crippen molar-refractivity contribution >= 4 is 11.5 Å². The third kappa shape index (κ3) is 2.51. The fraction of sp³-hybridized carbons (Fsp3) is 0.667. The normalized spacial score (nSPS) is 23.3. The first-order valence-corrected chi connectivity index (χ1v) is 6.65. The second kappa shape index (κ2) is 5.08. The molecule has 0 unspecified atom stereocenters. The van der Waals surface area contributed by atoms with Gasteiger partial charge in [0.2, 0.25) is 0 Å². The molecule has 1 fully saturated rings. The van der Waals surface area contributed by atoms with Gasteiger partial charge in [-0.1, -0.05) is 13.8 Å². The van der Waals surface area contributed by atoms with Gasteiger partial charge in [0, 0.05) is 19.1 Å². The smallest absolute Gasteiger partial charge is 0.200 e. The van der Waals surface area contributed by atoms with Crippen molar-refractivity contribution in [2.24, 2.45) is 11.8 Å². The van der Waals surface area contributed by atoms with E-state index < -0.39 is 0 Å². The summed E-state index contributed by atoms with van der Waals surface area (Å²) in [6.45, 7) is 6.13. The highest BCUT2D eigenvalue weighted by Crippen LogP contribution is 2.26. The van der Waals surface area contributed by atoms with Gasteiger partial charge < -0.3 is 10.1 Å². The molecule has 19 heavy (non-hydrogen) atoms. The Labute approximate surface area is 111 Å². The van der Waals surface area contributed by atoms with Crippen LogP contribution in [0.3, 0.4) is 0 Å². The van der Waals surface area contributed by atoms with E-state index in [0.717, 1.165) is 25.4 Å². The highest BCUT2D eigenvalue weighted by molar-refractivity contribution is 5.42. The summed E-state index contributed by atoms with van der Waals surface area (Å²) in [6.07, 6.45) is 1.44. The van der Waals surface area contributed by atoms with Crippen LogP contribution in [0.15, 0.2) is 12.1 Å². The predicted octanol–water partition coefficient (Wildman–Crippen LogP) is 0.992. The number of ether oxygens (including phenoxy) is 1. The minimum absolute atomic E-state index is 0.337. The first-order chi connectivity index (χ1) is 9.24. The number of rotatable bonds is 4. The van der Waals surface area contributed by atoms with Crippen LogP contribution < -0.4 is 5.32 Å². The minimum atomic E-state index is 0.337. The molecule has 3 rings (SSSR count). The van der Waals surface area contributed by atoms with Gasteiger partial charge in [0.15, 0.2) is 5.65 Å². The molecule has 0 saturated carbocycles. The van der Waals surface area contributed by atoms with Crippen LogP contribution in [0.2, 0.25) is 0 Å². The van der Waals surface area contributed by atoms with Gasteiger partial charge in [-0.3, -0.25) is 0 Å². The fourth-order valence-electron chi connectivity index (χ4n) is 2.59. The van der Waals surface area contributed by atoms with Crippen LogP contribution in [0.5, 0.6) is 0 Å². The van der Waals surface area contributed by atoms with Crippen LogP contribution in [-0.4, -0.2) is 44.5 Å². The van der Waals surface area contributed by atoms with E-state index >= 15 is 0 Å². The largest absolute Gasteiger partial charge is 0.378 e. The maximum absolute atomic E-state index is 5.78. The van der Waals surface area contributed by atoms with Crippen molar-refractivity contribution in [3.8, 4) is 0 Å². The number of anilines is 1. The van der Waals surface area contributed by atoms with Crippen molar-refractivity contribution in [2.45, 2.75) is 26.4 Å². The second-order valence-electron chi connectivity index (χ2n) is 5.25. The van der Waals surface area contributed by atoms with E-state index in [9.17, 15) is 0 Å². The molecule has 1 aliphatic heterocycles. The summed E-state index contributed by atoms with van der Waals surface area (Å²) in [5.41, 5.74) is 0.648. The molecule has 1 N–H and O–H groups in total. The number of nitrogens with one attached hydrogen (secondary N) is 1. The number of hydrogen-bond acceptors (Lipinski definition) is 6. The van der Waals surface area contributed by atoms with Crippen LogP contribution in [0.1, 0.15) is 20.3 Å². The van der Waals surface area contributed by atoms with Gasteiger partial charge in [-0.05, 0) is 34.9 Å². The molecule has 3 heterocycles. The quantitative estimate of drug-likeness (QED) is 0.885. The van der Waals surface area contributed by atoms with Gasteiger partial charge in [0.25, 0.3) is 0 Å². The summed E-state index contributed by atoms with van der Waals surface area (Å²) in [5.74, 6) is 1.87. The first kappa shape index (κ1) is 12.3. The van der Waals surface area contributed by atoms with Crippen LogP contribution in [0.4, 0.5) is 5.82 Å². The molecule has 0 radical (unpaired) electrons. The second-order valence-corrected chi connectivity index (χ2v) is 5.25. The summed E-state index contributed by atoms with van der Waals surface area (Å²) in [5, 5.41) is 18.8. The Morgan fingerprint density at radius 2 is 2.37 bits per heavy atom. The molecule has 0 bridgehead atoms. The third-order valence-corrected chi connectivity index (χ3v) is 3.54. The molecular formula is C12H18N6O. The van der Waals surface area contributed by atoms with Gasteiger partial charge in [0.05, 0.1) is 6.10 Å². The molecule has 7 heteroatoms. The Hall–Kier alpha value is -1.76. The number of tetrazole rings is 1. The summed E-state index contributed by atoms with van der Waals surface area (Å²) < 4.78 is 7.20. The summed E-state index contributed by atoms with van der Waals surface area (Å²) in [6, 6.07) is 3.74. The topological polar surface area (TPSA) is 77.2 Å². The monoisotopic (exact) mass is 262 g/mol. The molecule has 7 nitrogen and oxygen atoms in total. The van der Waals surface area contributed by atoms with Crippen molar-refractivity contribution in [2.75, 3.05) is 18.5 Å². The molecule has 1 saturated heterocycles. The Kier molecular flexibility index (Phi) is 3.29. The maximum atomic E-state index is 5.78. The Balaban J connectivity index is 1.65. The number of fused-ring (bicyclic) bond motifs is 1. The van der Waals surface area contributed by atoms with E-state index in [-0.39, 0.29) is 0 Å². The molecule has 0 aromatic carbocycles. The average molecular weight is 262 g/mol. The lowest BCUT2D eigenvalue weighted by molar-refractivity contribution is 0.0566. The van der Waals surface area contributed by atoms with Gasteiger partial charge in [-0.2, -0.15) is 0 Å². The lowest BCUT2D eigenvalue weighted by atomic mass is 9.93. The lowest BCUT2D eigenvalue weighted by Gasteiger charge is -2.22. The highest BCUT2D eigenvalue weighted by atomic mass is 16.5. The average Bonchev–Trinajstić information content (AvgIpc) is 3.04. The summed E-state index contributed by atoms with van der Waals surface area (Å²) in [4.78, 5) is 0. The Morgan fingerprint density at radius 3 is 3.21 bits per heavy atom. The van der Waals surface area contributed by atoms with Gasteiger partial charge in [-0.15, -0.1) is 14.8 Å². The molecule has 0 aliphatic carbocycles. The van der Waals surface area contributed by atoms with E-state index in [1.54, 1.807) is 0 Å². The van der Waals surface area contributed by atoms with Crippen molar-refractivity contribution in [1.29, 1.82) is 0 Å². The number of aromatic nitrogens is 5. The van der Waals surface area contributed by atoms with E-state index in [0.29, 0.717) is 23.6 Å². The predicted molar refractivity (Wildman–Crippen MR) is 69.8 cm³/mol. The SMILES string of the molecule is CC(C)[C@H]1OCC[C@@H]1CNc1ccc2nnnn2n1. The van der Waals surface area contributed by atoms with Gasteiger partial charge in [-0.25, -0.2) is 0 Å². The van der Waals surface area contributed by atoms with E-state index in [1.165, 1.54) is 4.63 Å². The molecule has 2 aromatic heterocycles. The summed E-state index contributed by atoms with van der Waals surface area (Å²) >= 11 is 0. The first-order valence-electron chi connectivity index (χ1n) is 6.65. The molecule has 0 amide bonds. The van der Waals surface area contributed by atoms with E-state index in [1.807, 2.05) is 12.1 Å². The van der Waals surface area contributed by atoms with Crippen LogP contribution in [0.25, 0.3) is 5.65 Å². The number of nitrogens with zero attached hydrogens (tertiary/aromatic N) is 5. The van der Waals surface area contributed by atoms with Crippen molar-refractivity contribution in [3.63, 3.8) is 0 Å². The molecular weight excluding hydrogens is 244 g/mol. The highest BCUT2D eigenvalue weighted by Gasteiger charge is 2.30. The van der Waals surface area contributed by atoms with Gasteiger partial charge >= 0.3 is 0 Å². The standard InChI is InChI=1S/C12H18N6O/c1-8(2)12-9(5-6-19-12)7-13-10-3-4-11-14-16-17-18(11)15-10/h3-4,8-9,12H,5-7H2,1-2H3,(H,13,15)/t9-,12-/m1/s1. The zero-order valence-corrected chi connectivity index (χ0v) is 11.2. The van der Waals surface area contributed by atoms with Gasteiger partial charge in [0.1, 0.15) is 5.82 Å². The Morgan fingerprint density at radius 1 is 1.47 bits per heavy atom. The molecule has 1 aliphatic rings.